The first-order valence-electron chi connectivity index (χ1n) is 18.7. The molecule has 1 rings (SSSR count). The summed E-state index contributed by atoms with van der Waals surface area (Å²) < 4.78 is 161. The highest BCUT2D eigenvalue weighted by atomic mass is 32.3. The second kappa shape index (κ2) is 27.9. The molecule has 4 N–H and O–H groups in total. The molecule has 5 atom stereocenters. The lowest BCUT2D eigenvalue weighted by Crippen LogP contribution is -2.63. The van der Waals surface area contributed by atoms with Crippen LogP contribution in [0.5, 0.6) is 0 Å². The van der Waals surface area contributed by atoms with Gasteiger partial charge in [-0.05, 0) is 12.8 Å². The van der Waals surface area contributed by atoms with Gasteiger partial charge in [-0.3, -0.25) is 18.2 Å². The average Bonchev–Trinajstić information content (AvgIpc) is 3.04. The van der Waals surface area contributed by atoms with Gasteiger partial charge in [-0.2, -0.15) is 33.7 Å². The third kappa shape index (κ3) is 28.7. The van der Waals surface area contributed by atoms with Crippen molar-refractivity contribution in [3.05, 3.63) is 0 Å². The molecule has 1 aliphatic rings. The van der Waals surface area contributed by atoms with Gasteiger partial charge in [-0.25, -0.2) is 16.7 Å². The summed E-state index contributed by atoms with van der Waals surface area (Å²) in [4.78, 5) is 0. The first-order chi connectivity index (χ1) is 25.3. The van der Waals surface area contributed by atoms with Crippen molar-refractivity contribution in [1.29, 1.82) is 0 Å². The van der Waals surface area contributed by atoms with Gasteiger partial charge in [0.05, 0.1) is 13.2 Å². The molecule has 19 nitrogen and oxygen atoms in total. The van der Waals surface area contributed by atoms with Gasteiger partial charge < -0.3 is 14.2 Å². The Morgan fingerprint density at radius 2 is 0.815 bits per heavy atom. The van der Waals surface area contributed by atoms with E-state index in [4.69, 9.17) is 18.8 Å². The second-order valence-electron chi connectivity index (χ2n) is 13.3. The maximum atomic E-state index is 11.6. The van der Waals surface area contributed by atoms with Crippen molar-refractivity contribution in [2.75, 3.05) is 26.4 Å². The molecule has 1 fully saturated rings. The summed E-state index contributed by atoms with van der Waals surface area (Å²) in [6, 6.07) is 0. The molecule has 54 heavy (non-hydrogen) atoms. The summed E-state index contributed by atoms with van der Waals surface area (Å²) in [6.45, 7) is 1.18. The van der Waals surface area contributed by atoms with E-state index < -0.39 is 78.9 Å². The number of rotatable bonds is 35. The van der Waals surface area contributed by atoms with E-state index in [9.17, 15) is 47.3 Å². The SMILES string of the molecule is CCCCCCCCCCCCCCCCCCCCCCOCCCO[C@@H]1O[C@H](COS(=O)(=O)O)[C@@H](OS(=O)(=O)O)[C@H](OS(=O)(=O)O)[C@H]1OS(=O)(=O)O. The van der Waals surface area contributed by atoms with Gasteiger partial charge in [0.15, 0.2) is 12.4 Å². The first kappa shape index (κ1) is 51.4. The lowest BCUT2D eigenvalue weighted by atomic mass is 9.99. The average molecular weight is 867 g/mol. The summed E-state index contributed by atoms with van der Waals surface area (Å²) >= 11 is 0. The maximum Gasteiger partial charge on any atom is 0.397 e. The zero-order valence-electron chi connectivity index (χ0n) is 31.1. The molecule has 1 saturated heterocycles. The lowest BCUT2D eigenvalue weighted by molar-refractivity contribution is -0.286. The number of ether oxygens (including phenoxy) is 3. The lowest BCUT2D eigenvalue weighted by Gasteiger charge is -2.43. The van der Waals surface area contributed by atoms with Crippen LogP contribution in [0.1, 0.15) is 142 Å². The molecule has 324 valence electrons. The second-order valence-corrected chi connectivity index (χ2v) is 17.5. The van der Waals surface area contributed by atoms with Crippen LogP contribution < -0.4 is 0 Å². The van der Waals surface area contributed by atoms with E-state index in [2.05, 4.69) is 23.7 Å². The number of unbranched alkanes of at least 4 members (excludes halogenated alkanes) is 19. The van der Waals surface area contributed by atoms with Crippen molar-refractivity contribution in [2.24, 2.45) is 0 Å². The molecule has 23 heteroatoms. The van der Waals surface area contributed by atoms with Crippen LogP contribution in [0.4, 0.5) is 0 Å². The topological polar surface area (TPSA) is 282 Å². The zero-order chi connectivity index (χ0) is 40.5. The van der Waals surface area contributed by atoms with Gasteiger partial charge in [0.25, 0.3) is 0 Å². The van der Waals surface area contributed by atoms with Crippen molar-refractivity contribution in [3.63, 3.8) is 0 Å². The van der Waals surface area contributed by atoms with E-state index in [1.165, 1.54) is 103 Å². The Labute approximate surface area is 322 Å². The summed E-state index contributed by atoms with van der Waals surface area (Å²) in [5.41, 5.74) is 0. The van der Waals surface area contributed by atoms with Crippen molar-refractivity contribution < 1.29 is 82.8 Å². The van der Waals surface area contributed by atoms with E-state index in [1.807, 2.05) is 0 Å². The van der Waals surface area contributed by atoms with E-state index in [0.717, 1.165) is 25.7 Å². The van der Waals surface area contributed by atoms with Gasteiger partial charge in [0.1, 0.15) is 18.3 Å². The minimum Gasteiger partial charge on any atom is -0.381 e. The van der Waals surface area contributed by atoms with E-state index >= 15 is 0 Å². The van der Waals surface area contributed by atoms with Crippen LogP contribution in [0.3, 0.4) is 0 Å². The van der Waals surface area contributed by atoms with Crippen LogP contribution >= 0.6 is 0 Å². The molecule has 0 bridgehead atoms. The quantitative estimate of drug-likeness (QED) is 0.0462. The third-order valence-electron chi connectivity index (χ3n) is 8.53. The van der Waals surface area contributed by atoms with Crippen LogP contribution in [0.25, 0.3) is 0 Å². The van der Waals surface area contributed by atoms with Crippen molar-refractivity contribution >= 4 is 41.6 Å². The monoisotopic (exact) mass is 866 g/mol. The van der Waals surface area contributed by atoms with Gasteiger partial charge in [0, 0.05) is 13.2 Å². The first-order valence-corrected chi connectivity index (χ1v) is 24.2. The van der Waals surface area contributed by atoms with E-state index in [0.29, 0.717) is 6.61 Å². The van der Waals surface area contributed by atoms with E-state index in [1.54, 1.807) is 0 Å². The van der Waals surface area contributed by atoms with Crippen molar-refractivity contribution in [1.82, 2.24) is 0 Å². The molecule has 0 aromatic heterocycles. The highest BCUT2D eigenvalue weighted by Gasteiger charge is 2.54. The Balaban J connectivity index is 2.37. The Morgan fingerprint density at radius 3 is 1.22 bits per heavy atom. The minimum atomic E-state index is -5.60. The molecule has 0 saturated carbocycles. The highest BCUT2D eigenvalue weighted by molar-refractivity contribution is 7.81. The summed E-state index contributed by atoms with van der Waals surface area (Å²) in [5, 5.41) is 0. The fourth-order valence-electron chi connectivity index (χ4n) is 5.97. The van der Waals surface area contributed by atoms with Crippen molar-refractivity contribution in [2.45, 2.75) is 172 Å². The van der Waals surface area contributed by atoms with Crippen LogP contribution in [-0.4, -0.2) is 109 Å². The Bertz CT molecular complexity index is 1410. The maximum absolute atomic E-state index is 11.6. The van der Waals surface area contributed by atoms with Gasteiger partial charge in [0.2, 0.25) is 0 Å². The predicted molar refractivity (Wildman–Crippen MR) is 195 cm³/mol. The van der Waals surface area contributed by atoms with Crippen LogP contribution in [0.15, 0.2) is 0 Å². The zero-order valence-corrected chi connectivity index (χ0v) is 34.4. The van der Waals surface area contributed by atoms with Crippen LogP contribution in [-0.2, 0) is 72.5 Å². The molecule has 0 aliphatic carbocycles. The summed E-state index contributed by atoms with van der Waals surface area (Å²) in [6.07, 6.45) is 13.6. The smallest absolute Gasteiger partial charge is 0.381 e. The van der Waals surface area contributed by atoms with E-state index in [-0.39, 0.29) is 19.6 Å². The third-order valence-corrected chi connectivity index (χ3v) is 10.4. The highest BCUT2D eigenvalue weighted by Crippen LogP contribution is 2.32. The molecule has 0 aromatic rings. The van der Waals surface area contributed by atoms with Crippen molar-refractivity contribution in [3.8, 4) is 0 Å². The largest absolute Gasteiger partial charge is 0.397 e. The Kier molecular flexibility index (Phi) is 26.5. The number of hydrogen-bond donors (Lipinski definition) is 4. The predicted octanol–water partition coefficient (Wildman–Crippen LogP) is 5.34. The summed E-state index contributed by atoms with van der Waals surface area (Å²) in [7, 11) is -21.9. The van der Waals surface area contributed by atoms with Crippen LogP contribution in [0, 0.1) is 0 Å². The minimum absolute atomic E-state index is 0.138. The molecular weight excluding hydrogens is 805 g/mol. The molecule has 0 unspecified atom stereocenters. The van der Waals surface area contributed by atoms with Crippen LogP contribution in [0.2, 0.25) is 0 Å². The van der Waals surface area contributed by atoms with Gasteiger partial charge >= 0.3 is 41.6 Å². The molecule has 0 radical (unpaired) electrons. The Morgan fingerprint density at radius 1 is 0.444 bits per heavy atom. The molecule has 0 spiro atoms. The molecule has 1 aliphatic heterocycles. The molecule has 0 amide bonds. The molecule has 0 aromatic carbocycles. The molecular formula is C31H62O19S4. The van der Waals surface area contributed by atoms with Gasteiger partial charge in [-0.15, -0.1) is 0 Å². The Hall–Kier alpha value is -0.640. The standard InChI is InChI=1S/C31H62O19S4/c1-2-3-4-5-6-7-8-9-10-11-12-13-14-15-16-17-18-19-20-21-23-44-24-22-25-45-31-30(50-54(41,42)43)29(49-53(38,39)40)28(48-52(35,36)37)27(47-31)26-46-51(32,33)34/h27-31H,2-26H2,1H3,(H,32,33,34)(H,35,36,37)(H,38,39,40)(H,41,42,43)/t27-,28-,29+,30-,31-/m1/s1. The normalized spacial score (nSPS) is 21.5. The fourth-order valence-corrected chi connectivity index (χ4v) is 7.77. The van der Waals surface area contributed by atoms with Gasteiger partial charge in [-0.1, -0.05) is 129 Å². The number of hydrogen-bond acceptors (Lipinski definition) is 15. The summed E-state index contributed by atoms with van der Waals surface area (Å²) in [5.74, 6) is 0. The molecule has 1 heterocycles. The fraction of sp³-hybridized carbons (Fsp3) is 1.00.